The smallest absolute Gasteiger partial charge is 0.291 e. The monoisotopic (exact) mass is 196 g/mol. The van der Waals surface area contributed by atoms with Gasteiger partial charge in [-0.25, -0.2) is 4.98 Å². The van der Waals surface area contributed by atoms with Crippen LogP contribution in [0.15, 0.2) is 6.33 Å². The van der Waals surface area contributed by atoms with Gasteiger partial charge < -0.3 is 4.90 Å². The molecule has 1 N–H and O–H groups in total. The van der Waals surface area contributed by atoms with Gasteiger partial charge >= 0.3 is 0 Å². The molecule has 1 aromatic rings. The van der Waals surface area contributed by atoms with Gasteiger partial charge in [0.1, 0.15) is 6.33 Å². The van der Waals surface area contributed by atoms with E-state index in [4.69, 9.17) is 0 Å². The number of amides is 1. The van der Waals surface area contributed by atoms with E-state index in [0.29, 0.717) is 12.4 Å². The Balaban J connectivity index is 2.75. The maximum absolute atomic E-state index is 11.8. The van der Waals surface area contributed by atoms with Gasteiger partial charge in [0.05, 0.1) is 0 Å². The Bertz CT molecular complexity index is 283. The number of hydrogen-bond acceptors (Lipinski definition) is 3. The number of aromatic amines is 1. The van der Waals surface area contributed by atoms with Gasteiger partial charge in [-0.15, -0.1) is 0 Å². The average Bonchev–Trinajstić information content (AvgIpc) is 2.71. The maximum atomic E-state index is 11.8. The van der Waals surface area contributed by atoms with Crippen molar-refractivity contribution >= 4 is 5.91 Å². The number of nitrogens with zero attached hydrogens (tertiary/aromatic N) is 3. The van der Waals surface area contributed by atoms with E-state index >= 15 is 0 Å². The second kappa shape index (κ2) is 4.74. The predicted molar refractivity (Wildman–Crippen MR) is 52.8 cm³/mol. The highest BCUT2D eigenvalue weighted by atomic mass is 16.2. The molecule has 0 aliphatic heterocycles. The second-order valence-electron chi connectivity index (χ2n) is 3.18. The van der Waals surface area contributed by atoms with Crippen LogP contribution in [0.3, 0.4) is 0 Å². The van der Waals surface area contributed by atoms with Crippen LogP contribution in [-0.4, -0.2) is 38.6 Å². The summed E-state index contributed by atoms with van der Waals surface area (Å²) in [6.45, 7) is 6.73. The summed E-state index contributed by atoms with van der Waals surface area (Å²) in [5.41, 5.74) is 0. The fraction of sp³-hybridized carbons (Fsp3) is 0.667. The Morgan fingerprint density at radius 2 is 2.36 bits per heavy atom. The minimum atomic E-state index is -0.0839. The van der Waals surface area contributed by atoms with Crippen molar-refractivity contribution in [3.63, 3.8) is 0 Å². The molecule has 0 aromatic carbocycles. The largest absolute Gasteiger partial charge is 0.334 e. The Hall–Kier alpha value is -1.39. The maximum Gasteiger partial charge on any atom is 0.291 e. The van der Waals surface area contributed by atoms with Gasteiger partial charge in [0.15, 0.2) is 0 Å². The van der Waals surface area contributed by atoms with E-state index in [-0.39, 0.29) is 11.9 Å². The summed E-state index contributed by atoms with van der Waals surface area (Å²) in [7, 11) is 0. The highest BCUT2D eigenvalue weighted by Crippen LogP contribution is 2.06. The summed E-state index contributed by atoms with van der Waals surface area (Å²) >= 11 is 0. The molecule has 14 heavy (non-hydrogen) atoms. The third-order valence-corrected chi connectivity index (χ3v) is 2.34. The van der Waals surface area contributed by atoms with Crippen LogP contribution in [0.1, 0.15) is 37.8 Å². The molecule has 1 atom stereocenters. The summed E-state index contributed by atoms with van der Waals surface area (Å²) in [6.07, 6.45) is 2.28. The summed E-state index contributed by atoms with van der Waals surface area (Å²) in [5, 5.41) is 6.24. The Morgan fingerprint density at radius 3 is 2.79 bits per heavy atom. The molecule has 0 fully saturated rings. The molecule has 1 amide bonds. The van der Waals surface area contributed by atoms with E-state index in [1.54, 1.807) is 4.90 Å². The summed E-state index contributed by atoms with van der Waals surface area (Å²) in [5.74, 6) is 0.228. The fourth-order valence-electron chi connectivity index (χ4n) is 1.32. The lowest BCUT2D eigenvalue weighted by atomic mass is 10.2. The Labute approximate surface area is 83.5 Å². The third-order valence-electron chi connectivity index (χ3n) is 2.34. The molecule has 1 aromatic heterocycles. The number of nitrogens with one attached hydrogen (secondary N) is 1. The lowest BCUT2D eigenvalue weighted by Gasteiger charge is -2.25. The molecule has 78 valence electrons. The van der Waals surface area contributed by atoms with E-state index in [9.17, 15) is 4.79 Å². The van der Waals surface area contributed by atoms with E-state index in [1.165, 1.54) is 6.33 Å². The molecular weight excluding hydrogens is 180 g/mol. The van der Waals surface area contributed by atoms with Gasteiger partial charge in [0.25, 0.3) is 5.91 Å². The van der Waals surface area contributed by atoms with Crippen LogP contribution in [0.2, 0.25) is 0 Å². The van der Waals surface area contributed by atoms with Gasteiger partial charge in [-0.05, 0) is 20.3 Å². The van der Waals surface area contributed by atoms with Crippen LogP contribution in [0.25, 0.3) is 0 Å². The van der Waals surface area contributed by atoms with E-state index in [1.807, 2.05) is 13.8 Å². The predicted octanol–water partition coefficient (Wildman–Crippen LogP) is 1.07. The van der Waals surface area contributed by atoms with Crippen LogP contribution in [0.4, 0.5) is 0 Å². The van der Waals surface area contributed by atoms with Crippen LogP contribution in [0.5, 0.6) is 0 Å². The summed E-state index contributed by atoms with van der Waals surface area (Å²) in [4.78, 5) is 17.5. The summed E-state index contributed by atoms with van der Waals surface area (Å²) < 4.78 is 0. The van der Waals surface area contributed by atoms with Crippen LogP contribution >= 0.6 is 0 Å². The Morgan fingerprint density at radius 1 is 1.64 bits per heavy atom. The first-order valence-electron chi connectivity index (χ1n) is 4.87. The zero-order chi connectivity index (χ0) is 10.6. The van der Waals surface area contributed by atoms with Gasteiger partial charge in [-0.3, -0.25) is 9.89 Å². The molecule has 0 aliphatic carbocycles. The topological polar surface area (TPSA) is 61.9 Å². The highest BCUT2D eigenvalue weighted by Gasteiger charge is 2.20. The first-order valence-corrected chi connectivity index (χ1v) is 4.87. The van der Waals surface area contributed by atoms with Gasteiger partial charge in [0, 0.05) is 12.6 Å². The normalized spacial score (nSPS) is 12.5. The van der Waals surface area contributed by atoms with Crippen molar-refractivity contribution in [2.75, 3.05) is 6.54 Å². The molecule has 1 rings (SSSR count). The minimum Gasteiger partial charge on any atom is -0.334 e. The molecule has 0 saturated carbocycles. The van der Waals surface area contributed by atoms with E-state index in [0.717, 1.165) is 6.42 Å². The van der Waals surface area contributed by atoms with Gasteiger partial charge in [-0.1, -0.05) is 6.92 Å². The molecule has 0 bridgehead atoms. The summed E-state index contributed by atoms with van der Waals surface area (Å²) in [6, 6.07) is 0.234. The number of carbonyl (C=O) groups is 1. The van der Waals surface area contributed by atoms with Crippen molar-refractivity contribution < 1.29 is 4.79 Å². The third kappa shape index (κ3) is 2.10. The SMILES string of the molecule is CCC(C)N(CC)C(=O)c1ncn[nH]1. The highest BCUT2D eigenvalue weighted by molar-refractivity contribution is 5.90. The number of carbonyl (C=O) groups excluding carboxylic acids is 1. The molecule has 0 radical (unpaired) electrons. The van der Waals surface area contributed by atoms with Gasteiger partial charge in [0.2, 0.25) is 5.82 Å². The number of aromatic nitrogens is 3. The van der Waals surface area contributed by atoms with Crippen molar-refractivity contribution in [2.24, 2.45) is 0 Å². The molecule has 1 unspecified atom stereocenters. The first-order chi connectivity index (χ1) is 6.70. The fourth-order valence-corrected chi connectivity index (χ4v) is 1.32. The molecule has 5 nitrogen and oxygen atoms in total. The van der Waals surface area contributed by atoms with Crippen molar-refractivity contribution in [2.45, 2.75) is 33.2 Å². The van der Waals surface area contributed by atoms with Crippen molar-refractivity contribution in [3.05, 3.63) is 12.2 Å². The van der Waals surface area contributed by atoms with Crippen LogP contribution < -0.4 is 0 Å². The van der Waals surface area contributed by atoms with Crippen molar-refractivity contribution in [3.8, 4) is 0 Å². The van der Waals surface area contributed by atoms with E-state index < -0.39 is 0 Å². The molecule has 0 spiro atoms. The lowest BCUT2D eigenvalue weighted by Crippen LogP contribution is -2.38. The van der Waals surface area contributed by atoms with Crippen molar-refractivity contribution in [1.29, 1.82) is 0 Å². The molecular formula is C9H16N4O. The van der Waals surface area contributed by atoms with Gasteiger partial charge in [-0.2, -0.15) is 5.10 Å². The van der Waals surface area contributed by atoms with Crippen LogP contribution in [0, 0.1) is 0 Å². The quantitative estimate of drug-likeness (QED) is 0.783. The molecule has 5 heteroatoms. The van der Waals surface area contributed by atoms with Crippen LogP contribution in [-0.2, 0) is 0 Å². The minimum absolute atomic E-state index is 0.0839. The first kappa shape index (κ1) is 10.7. The number of rotatable bonds is 4. The average molecular weight is 196 g/mol. The Kier molecular flexibility index (Phi) is 3.62. The standard InChI is InChI=1S/C9H16N4O/c1-4-7(3)13(5-2)9(14)8-10-6-11-12-8/h6-7H,4-5H2,1-3H3,(H,10,11,12). The van der Waals surface area contributed by atoms with Crippen molar-refractivity contribution in [1.82, 2.24) is 20.1 Å². The molecule has 0 aliphatic rings. The second-order valence-corrected chi connectivity index (χ2v) is 3.18. The zero-order valence-corrected chi connectivity index (χ0v) is 8.82. The lowest BCUT2D eigenvalue weighted by molar-refractivity contribution is 0.0688. The van der Waals surface area contributed by atoms with E-state index in [2.05, 4.69) is 22.1 Å². The zero-order valence-electron chi connectivity index (χ0n) is 8.82. The number of hydrogen-bond donors (Lipinski definition) is 1. The number of H-pyrrole nitrogens is 1. The molecule has 0 saturated heterocycles. The molecule has 1 heterocycles.